The topological polar surface area (TPSA) is 58.1 Å². The van der Waals surface area contributed by atoms with Crippen molar-refractivity contribution in [1.29, 1.82) is 0 Å². The lowest BCUT2D eigenvalue weighted by atomic mass is 10.0. The molecule has 6 heteroatoms. The van der Waals surface area contributed by atoms with E-state index in [1.54, 1.807) is 18.2 Å². The Balaban J connectivity index is 1.62. The summed E-state index contributed by atoms with van der Waals surface area (Å²) in [6.45, 7) is 6.44. The van der Waals surface area contributed by atoms with E-state index in [0.717, 1.165) is 30.8 Å². The van der Waals surface area contributed by atoms with Crippen LogP contribution in [-0.4, -0.2) is 35.5 Å². The SMILES string of the molecule is Cc1cc(C(=O)NCCc2ccc(F)cc2)nc(N2CCCC(C)C2)n1. The van der Waals surface area contributed by atoms with Gasteiger partial charge in [-0.15, -0.1) is 0 Å². The second kappa shape index (κ2) is 8.25. The summed E-state index contributed by atoms with van der Waals surface area (Å²) >= 11 is 0. The second-order valence-electron chi connectivity index (χ2n) is 7.02. The fourth-order valence-electron chi connectivity index (χ4n) is 3.24. The minimum Gasteiger partial charge on any atom is -0.350 e. The number of hydrogen-bond donors (Lipinski definition) is 1. The minimum absolute atomic E-state index is 0.205. The van der Waals surface area contributed by atoms with E-state index in [-0.39, 0.29) is 11.7 Å². The molecule has 1 amide bonds. The number of aromatic nitrogens is 2. The summed E-state index contributed by atoms with van der Waals surface area (Å²) in [5.74, 6) is 0.791. The smallest absolute Gasteiger partial charge is 0.270 e. The number of benzene rings is 1. The summed E-state index contributed by atoms with van der Waals surface area (Å²) in [4.78, 5) is 23.6. The van der Waals surface area contributed by atoms with Crippen LogP contribution in [0.2, 0.25) is 0 Å². The van der Waals surface area contributed by atoms with Crippen molar-refractivity contribution in [2.24, 2.45) is 5.92 Å². The van der Waals surface area contributed by atoms with E-state index in [0.29, 0.717) is 30.5 Å². The highest BCUT2D eigenvalue weighted by Crippen LogP contribution is 2.20. The van der Waals surface area contributed by atoms with Crippen LogP contribution in [0.15, 0.2) is 30.3 Å². The summed E-state index contributed by atoms with van der Waals surface area (Å²) in [5, 5.41) is 2.89. The van der Waals surface area contributed by atoms with Crippen LogP contribution in [0.25, 0.3) is 0 Å². The molecule has 3 rings (SSSR count). The van der Waals surface area contributed by atoms with E-state index in [1.165, 1.54) is 18.6 Å². The molecule has 2 heterocycles. The summed E-state index contributed by atoms with van der Waals surface area (Å²) in [6.07, 6.45) is 2.99. The number of hydrogen-bond acceptors (Lipinski definition) is 4. The molecule has 0 radical (unpaired) electrons. The average Bonchev–Trinajstić information content (AvgIpc) is 2.63. The summed E-state index contributed by atoms with van der Waals surface area (Å²) < 4.78 is 12.9. The molecule has 0 saturated carbocycles. The Morgan fingerprint density at radius 2 is 2.08 bits per heavy atom. The number of aryl methyl sites for hydroxylation is 1. The van der Waals surface area contributed by atoms with Crippen molar-refractivity contribution in [3.63, 3.8) is 0 Å². The first-order valence-electron chi connectivity index (χ1n) is 9.14. The van der Waals surface area contributed by atoms with Crippen molar-refractivity contribution < 1.29 is 9.18 Å². The molecule has 5 nitrogen and oxygen atoms in total. The van der Waals surface area contributed by atoms with Gasteiger partial charge in [-0.05, 0) is 55.9 Å². The van der Waals surface area contributed by atoms with Crippen LogP contribution in [0.1, 0.15) is 41.5 Å². The monoisotopic (exact) mass is 356 g/mol. The third kappa shape index (κ3) is 4.77. The van der Waals surface area contributed by atoms with Crippen LogP contribution in [0, 0.1) is 18.7 Å². The molecule has 0 aliphatic carbocycles. The largest absolute Gasteiger partial charge is 0.350 e. The van der Waals surface area contributed by atoms with Gasteiger partial charge >= 0.3 is 0 Å². The zero-order valence-electron chi connectivity index (χ0n) is 15.3. The first-order chi connectivity index (χ1) is 12.5. The summed E-state index contributed by atoms with van der Waals surface area (Å²) in [5.41, 5.74) is 2.16. The van der Waals surface area contributed by atoms with E-state index < -0.39 is 0 Å². The highest BCUT2D eigenvalue weighted by molar-refractivity contribution is 5.92. The molecular weight excluding hydrogens is 331 g/mol. The molecule has 1 aliphatic heterocycles. The maximum atomic E-state index is 12.9. The number of carbonyl (C=O) groups excluding carboxylic acids is 1. The Kier molecular flexibility index (Phi) is 5.81. The van der Waals surface area contributed by atoms with Crippen LogP contribution >= 0.6 is 0 Å². The Morgan fingerprint density at radius 3 is 2.81 bits per heavy atom. The first-order valence-corrected chi connectivity index (χ1v) is 9.14. The molecule has 1 fully saturated rings. The molecule has 1 N–H and O–H groups in total. The molecule has 2 aromatic rings. The van der Waals surface area contributed by atoms with E-state index in [1.807, 2.05) is 6.92 Å². The Bertz CT molecular complexity index is 763. The number of piperidine rings is 1. The Morgan fingerprint density at radius 1 is 1.31 bits per heavy atom. The molecule has 0 bridgehead atoms. The number of carbonyl (C=O) groups is 1. The predicted molar refractivity (Wildman–Crippen MR) is 99.8 cm³/mol. The van der Waals surface area contributed by atoms with Gasteiger partial charge in [0.1, 0.15) is 11.5 Å². The van der Waals surface area contributed by atoms with Gasteiger partial charge in [-0.3, -0.25) is 4.79 Å². The van der Waals surface area contributed by atoms with Gasteiger partial charge in [-0.25, -0.2) is 14.4 Å². The second-order valence-corrected chi connectivity index (χ2v) is 7.02. The molecule has 1 aromatic carbocycles. The van der Waals surface area contributed by atoms with Crippen LogP contribution < -0.4 is 10.2 Å². The molecule has 0 spiro atoms. The molecule has 1 atom stereocenters. The third-order valence-electron chi connectivity index (χ3n) is 4.63. The summed E-state index contributed by atoms with van der Waals surface area (Å²) in [7, 11) is 0. The van der Waals surface area contributed by atoms with Crippen LogP contribution in [0.3, 0.4) is 0 Å². The molecule has 1 aromatic heterocycles. The van der Waals surface area contributed by atoms with E-state index in [9.17, 15) is 9.18 Å². The molecule has 1 saturated heterocycles. The van der Waals surface area contributed by atoms with Crippen molar-refractivity contribution in [2.45, 2.75) is 33.1 Å². The molecule has 138 valence electrons. The predicted octanol–water partition coefficient (Wildman–Crippen LogP) is 3.13. The lowest BCUT2D eigenvalue weighted by Crippen LogP contribution is -2.36. The van der Waals surface area contributed by atoms with Gasteiger partial charge in [0.2, 0.25) is 5.95 Å². The molecule has 1 aliphatic rings. The number of anilines is 1. The zero-order valence-corrected chi connectivity index (χ0v) is 15.3. The number of nitrogens with one attached hydrogen (secondary N) is 1. The minimum atomic E-state index is -0.256. The van der Waals surface area contributed by atoms with Gasteiger partial charge in [0.25, 0.3) is 5.91 Å². The van der Waals surface area contributed by atoms with Crippen molar-refractivity contribution in [3.8, 4) is 0 Å². The zero-order chi connectivity index (χ0) is 18.5. The van der Waals surface area contributed by atoms with Gasteiger partial charge < -0.3 is 10.2 Å². The quantitative estimate of drug-likeness (QED) is 0.894. The van der Waals surface area contributed by atoms with Crippen molar-refractivity contribution in [1.82, 2.24) is 15.3 Å². The average molecular weight is 356 g/mol. The maximum absolute atomic E-state index is 12.9. The highest BCUT2D eigenvalue weighted by atomic mass is 19.1. The fourth-order valence-corrected chi connectivity index (χ4v) is 3.24. The van der Waals surface area contributed by atoms with Crippen LogP contribution in [-0.2, 0) is 6.42 Å². The first kappa shape index (κ1) is 18.3. The summed E-state index contributed by atoms with van der Waals surface area (Å²) in [6, 6.07) is 8.02. The third-order valence-corrected chi connectivity index (χ3v) is 4.63. The van der Waals surface area contributed by atoms with Gasteiger partial charge in [0.15, 0.2) is 0 Å². The Labute approximate surface area is 153 Å². The highest BCUT2D eigenvalue weighted by Gasteiger charge is 2.20. The van der Waals surface area contributed by atoms with E-state index >= 15 is 0 Å². The van der Waals surface area contributed by atoms with Gasteiger partial charge in [-0.2, -0.15) is 0 Å². The van der Waals surface area contributed by atoms with Gasteiger partial charge in [0.05, 0.1) is 0 Å². The number of amides is 1. The molecular formula is C20H25FN4O. The lowest BCUT2D eigenvalue weighted by molar-refractivity contribution is 0.0949. The normalized spacial score (nSPS) is 17.2. The number of halogens is 1. The Hall–Kier alpha value is -2.50. The van der Waals surface area contributed by atoms with Gasteiger partial charge in [0, 0.05) is 25.3 Å². The standard InChI is InChI=1S/C20H25FN4O/c1-14-4-3-11-25(13-14)20-23-15(2)12-18(24-20)19(26)22-10-9-16-5-7-17(21)8-6-16/h5-8,12,14H,3-4,9-11,13H2,1-2H3,(H,22,26). The van der Waals surface area contributed by atoms with E-state index in [2.05, 4.69) is 27.1 Å². The van der Waals surface area contributed by atoms with Crippen molar-refractivity contribution in [3.05, 3.63) is 53.1 Å². The number of rotatable bonds is 5. The van der Waals surface area contributed by atoms with Crippen LogP contribution in [0.5, 0.6) is 0 Å². The molecule has 1 unspecified atom stereocenters. The van der Waals surface area contributed by atoms with Crippen LogP contribution in [0.4, 0.5) is 10.3 Å². The van der Waals surface area contributed by atoms with E-state index in [4.69, 9.17) is 0 Å². The fraction of sp³-hybridized carbons (Fsp3) is 0.450. The van der Waals surface area contributed by atoms with Gasteiger partial charge in [-0.1, -0.05) is 19.1 Å². The van der Waals surface area contributed by atoms with Crippen molar-refractivity contribution in [2.75, 3.05) is 24.5 Å². The lowest BCUT2D eigenvalue weighted by Gasteiger charge is -2.31. The maximum Gasteiger partial charge on any atom is 0.270 e. The number of nitrogens with zero attached hydrogens (tertiary/aromatic N) is 3. The molecule has 26 heavy (non-hydrogen) atoms. The van der Waals surface area contributed by atoms with Crippen molar-refractivity contribution >= 4 is 11.9 Å².